The minimum Gasteiger partial charge on any atom is -0.463 e. The molecule has 0 saturated heterocycles. The number of aryl methyl sites for hydroxylation is 3. The zero-order valence-corrected chi connectivity index (χ0v) is 15.7. The van der Waals surface area contributed by atoms with Crippen LogP contribution in [0, 0.1) is 20.8 Å². The summed E-state index contributed by atoms with van der Waals surface area (Å²) in [6.45, 7) is 6.21. The second kappa shape index (κ2) is 7.53. The number of methoxy groups -OCH3 is 1. The van der Waals surface area contributed by atoms with E-state index in [1.54, 1.807) is 12.1 Å². The van der Waals surface area contributed by atoms with Gasteiger partial charge in [-0.15, -0.1) is 0 Å². The Morgan fingerprint density at radius 2 is 1.63 bits per heavy atom. The monoisotopic (exact) mass is 367 g/mol. The van der Waals surface area contributed by atoms with E-state index in [4.69, 9.17) is 8.83 Å². The molecule has 0 aliphatic carbocycles. The van der Waals surface area contributed by atoms with Crippen molar-refractivity contribution >= 4 is 17.8 Å². The van der Waals surface area contributed by atoms with Crippen molar-refractivity contribution < 1.29 is 23.2 Å². The molecule has 2 heterocycles. The van der Waals surface area contributed by atoms with Gasteiger partial charge in [0.25, 0.3) is 5.91 Å². The first-order chi connectivity index (χ1) is 12.9. The van der Waals surface area contributed by atoms with Gasteiger partial charge in [-0.2, -0.15) is 0 Å². The molecule has 140 valence electrons. The maximum atomic E-state index is 12.3. The Hall–Kier alpha value is -3.28. The Bertz CT molecular complexity index is 973. The van der Waals surface area contributed by atoms with Gasteiger partial charge in [0.15, 0.2) is 5.76 Å². The number of hydrogen-bond acceptors (Lipinski definition) is 5. The summed E-state index contributed by atoms with van der Waals surface area (Å²) in [5, 5.41) is 2.56. The fourth-order valence-electron chi connectivity index (χ4n) is 3.05. The molecule has 3 aromatic rings. The lowest BCUT2D eigenvalue weighted by atomic mass is 9.97. The largest absolute Gasteiger partial charge is 0.463 e. The van der Waals surface area contributed by atoms with Crippen molar-refractivity contribution in [1.29, 1.82) is 0 Å². The molecule has 27 heavy (non-hydrogen) atoms. The molecule has 0 radical (unpaired) electrons. The summed E-state index contributed by atoms with van der Waals surface area (Å²) >= 11 is 0. The number of benzene rings is 1. The van der Waals surface area contributed by atoms with E-state index < -0.39 is 11.9 Å². The SMILES string of the molecule is COC(=O)c1ccc(NC(=O)c2ccc(Cc3c(C)cc(C)cc3C)o2)o1. The average Bonchev–Trinajstić information content (AvgIpc) is 3.27. The van der Waals surface area contributed by atoms with Crippen LogP contribution in [0.3, 0.4) is 0 Å². The third-order valence-electron chi connectivity index (χ3n) is 4.31. The van der Waals surface area contributed by atoms with Gasteiger partial charge in [0.05, 0.1) is 7.11 Å². The van der Waals surface area contributed by atoms with Crippen LogP contribution in [0.1, 0.15) is 49.1 Å². The first-order valence-corrected chi connectivity index (χ1v) is 8.52. The van der Waals surface area contributed by atoms with E-state index in [-0.39, 0.29) is 17.4 Å². The molecule has 6 nitrogen and oxygen atoms in total. The first-order valence-electron chi connectivity index (χ1n) is 8.52. The highest BCUT2D eigenvalue weighted by Gasteiger charge is 2.16. The molecule has 0 aliphatic heterocycles. The van der Waals surface area contributed by atoms with E-state index in [9.17, 15) is 9.59 Å². The molecule has 0 fully saturated rings. The third-order valence-corrected chi connectivity index (χ3v) is 4.31. The van der Waals surface area contributed by atoms with Crippen molar-refractivity contribution in [3.05, 3.63) is 75.9 Å². The Morgan fingerprint density at radius 3 is 2.30 bits per heavy atom. The second-order valence-corrected chi connectivity index (χ2v) is 6.43. The number of ether oxygens (including phenoxy) is 1. The lowest BCUT2D eigenvalue weighted by molar-refractivity contribution is 0.0565. The highest BCUT2D eigenvalue weighted by molar-refractivity contribution is 6.01. The summed E-state index contributed by atoms with van der Waals surface area (Å²) in [4.78, 5) is 23.7. The quantitative estimate of drug-likeness (QED) is 0.675. The van der Waals surface area contributed by atoms with Gasteiger partial charge in [-0.25, -0.2) is 4.79 Å². The molecular formula is C21H21NO5. The molecule has 0 saturated carbocycles. The minimum absolute atomic E-state index is 0.0123. The lowest BCUT2D eigenvalue weighted by Crippen LogP contribution is -2.10. The number of furan rings is 2. The van der Waals surface area contributed by atoms with Crippen molar-refractivity contribution in [2.24, 2.45) is 0 Å². The van der Waals surface area contributed by atoms with E-state index >= 15 is 0 Å². The maximum absolute atomic E-state index is 12.3. The van der Waals surface area contributed by atoms with E-state index in [2.05, 4.69) is 43.0 Å². The van der Waals surface area contributed by atoms with Crippen LogP contribution in [0.5, 0.6) is 0 Å². The van der Waals surface area contributed by atoms with Crippen LogP contribution in [0.25, 0.3) is 0 Å². The van der Waals surface area contributed by atoms with Gasteiger partial charge in [-0.3, -0.25) is 10.1 Å². The van der Waals surface area contributed by atoms with Gasteiger partial charge in [-0.05, 0) is 55.7 Å². The highest BCUT2D eigenvalue weighted by Crippen LogP contribution is 2.22. The average molecular weight is 367 g/mol. The summed E-state index contributed by atoms with van der Waals surface area (Å²) in [7, 11) is 1.25. The van der Waals surface area contributed by atoms with Crippen molar-refractivity contribution in [3.8, 4) is 0 Å². The normalized spacial score (nSPS) is 10.7. The predicted molar refractivity (Wildman–Crippen MR) is 100 cm³/mol. The number of carbonyl (C=O) groups is 2. The fourth-order valence-corrected chi connectivity index (χ4v) is 3.05. The number of amides is 1. The van der Waals surface area contributed by atoms with Crippen LogP contribution >= 0.6 is 0 Å². The van der Waals surface area contributed by atoms with E-state index in [0.717, 1.165) is 0 Å². The molecular weight excluding hydrogens is 346 g/mol. The molecule has 1 aromatic carbocycles. The van der Waals surface area contributed by atoms with Crippen molar-refractivity contribution in [1.82, 2.24) is 0 Å². The van der Waals surface area contributed by atoms with Gasteiger partial charge in [0, 0.05) is 12.5 Å². The summed E-state index contributed by atoms with van der Waals surface area (Å²) in [5.41, 5.74) is 4.80. The molecule has 0 aliphatic rings. The Balaban J connectivity index is 1.71. The number of carbonyl (C=O) groups excluding carboxylic acids is 2. The van der Waals surface area contributed by atoms with Crippen LogP contribution in [0.4, 0.5) is 5.88 Å². The van der Waals surface area contributed by atoms with Crippen molar-refractivity contribution in [2.75, 3.05) is 12.4 Å². The zero-order chi connectivity index (χ0) is 19.6. The third kappa shape index (κ3) is 4.11. The van der Waals surface area contributed by atoms with Crippen LogP contribution in [0.2, 0.25) is 0 Å². The summed E-state index contributed by atoms with van der Waals surface area (Å²) in [6, 6.07) is 10.6. The number of anilines is 1. The van der Waals surface area contributed by atoms with Crippen molar-refractivity contribution in [2.45, 2.75) is 27.2 Å². The van der Waals surface area contributed by atoms with E-state index in [1.807, 2.05) is 0 Å². The van der Waals surface area contributed by atoms with Gasteiger partial charge >= 0.3 is 5.97 Å². The molecule has 3 rings (SSSR count). The summed E-state index contributed by atoms with van der Waals surface area (Å²) in [5.74, 6) is -0.0425. The number of rotatable bonds is 5. The van der Waals surface area contributed by atoms with Crippen LogP contribution < -0.4 is 5.32 Å². The second-order valence-electron chi connectivity index (χ2n) is 6.43. The Labute approximate surface area is 157 Å². The van der Waals surface area contributed by atoms with Gasteiger partial charge in [0.2, 0.25) is 11.6 Å². The topological polar surface area (TPSA) is 81.7 Å². The highest BCUT2D eigenvalue weighted by atomic mass is 16.5. The predicted octanol–water partition coefficient (Wildman–Crippen LogP) is 4.43. The molecule has 1 amide bonds. The molecule has 0 bridgehead atoms. The molecule has 0 atom stereocenters. The van der Waals surface area contributed by atoms with Gasteiger partial charge in [0.1, 0.15) is 5.76 Å². The van der Waals surface area contributed by atoms with Crippen molar-refractivity contribution in [3.63, 3.8) is 0 Å². The smallest absolute Gasteiger partial charge is 0.374 e. The Kier molecular flexibility index (Phi) is 5.16. The fraction of sp³-hybridized carbons (Fsp3) is 0.238. The number of nitrogens with one attached hydrogen (secondary N) is 1. The summed E-state index contributed by atoms with van der Waals surface area (Å²) in [6.07, 6.45) is 0.610. The standard InChI is InChI=1S/C21H21NO5/c1-12-9-13(2)16(14(3)10-12)11-15-5-6-17(26-15)20(23)22-19-8-7-18(27-19)21(24)25-4/h5-10H,11H2,1-4H3,(H,22,23). The van der Waals surface area contributed by atoms with E-state index in [0.29, 0.717) is 12.2 Å². The number of hydrogen-bond donors (Lipinski definition) is 1. The van der Waals surface area contributed by atoms with Gasteiger partial charge < -0.3 is 13.6 Å². The van der Waals surface area contributed by atoms with E-state index in [1.165, 1.54) is 41.5 Å². The Morgan fingerprint density at radius 1 is 0.963 bits per heavy atom. The summed E-state index contributed by atoms with van der Waals surface area (Å²) < 4.78 is 15.5. The maximum Gasteiger partial charge on any atom is 0.374 e. The van der Waals surface area contributed by atoms with Crippen LogP contribution in [-0.2, 0) is 11.2 Å². The molecule has 6 heteroatoms. The van der Waals surface area contributed by atoms with Crippen LogP contribution in [-0.4, -0.2) is 19.0 Å². The van der Waals surface area contributed by atoms with Gasteiger partial charge in [-0.1, -0.05) is 17.7 Å². The zero-order valence-electron chi connectivity index (χ0n) is 15.7. The molecule has 0 unspecified atom stereocenters. The molecule has 2 aromatic heterocycles. The van der Waals surface area contributed by atoms with Crippen LogP contribution in [0.15, 0.2) is 45.2 Å². The first kappa shape index (κ1) is 18.5. The lowest BCUT2D eigenvalue weighted by Gasteiger charge is -2.09. The molecule has 1 N–H and O–H groups in total. The number of esters is 1. The minimum atomic E-state index is -0.611. The molecule has 0 spiro atoms.